The van der Waals surface area contributed by atoms with Crippen molar-refractivity contribution in [1.29, 1.82) is 5.26 Å². The Morgan fingerprint density at radius 2 is 1.97 bits per heavy atom. The minimum absolute atomic E-state index is 0.0265. The van der Waals surface area contributed by atoms with Crippen molar-refractivity contribution < 1.29 is 22.7 Å². The van der Waals surface area contributed by atoms with Gasteiger partial charge in [0.15, 0.2) is 11.5 Å². The number of carbonyl (C=O) groups excluding carboxylic acids is 1. The molecular formula is C23H22N4O5S3. The van der Waals surface area contributed by atoms with Crippen molar-refractivity contribution in [2.75, 3.05) is 31.0 Å². The zero-order valence-corrected chi connectivity index (χ0v) is 21.6. The maximum absolute atomic E-state index is 12.5. The van der Waals surface area contributed by atoms with Gasteiger partial charge in [-0.3, -0.25) is 10.1 Å². The monoisotopic (exact) mass is 530 g/mol. The number of aryl methyl sites for hydroxylation is 1. The molecule has 2 aromatic carbocycles. The third kappa shape index (κ3) is 7.54. The van der Waals surface area contributed by atoms with Gasteiger partial charge in [0.1, 0.15) is 11.6 Å². The van der Waals surface area contributed by atoms with Gasteiger partial charge in [-0.05, 0) is 42.8 Å². The minimum atomic E-state index is -3.60. The molecule has 0 aliphatic rings. The number of carbonyl (C=O) groups is 1. The summed E-state index contributed by atoms with van der Waals surface area (Å²) in [6.07, 6.45) is 2.35. The van der Waals surface area contributed by atoms with Crippen LogP contribution in [0.15, 0.2) is 58.1 Å². The second kappa shape index (κ2) is 11.8. The highest BCUT2D eigenvalue weighted by Gasteiger charge is 2.17. The fourth-order valence-corrected chi connectivity index (χ4v) is 4.90. The van der Waals surface area contributed by atoms with Gasteiger partial charge in [-0.1, -0.05) is 23.8 Å². The molecule has 0 aliphatic carbocycles. The van der Waals surface area contributed by atoms with Crippen LogP contribution in [0, 0.1) is 18.3 Å². The van der Waals surface area contributed by atoms with E-state index in [9.17, 15) is 18.5 Å². The Morgan fingerprint density at radius 1 is 1.23 bits per heavy atom. The SMILES string of the molecule is COc1cc(/C=C(/C#N)C(=O)Nc2nc(S(C)(=O)=O)ns2)ccc1OCCSc1ccc(C)cc1. The summed E-state index contributed by atoms with van der Waals surface area (Å²) < 4.78 is 37.9. The van der Waals surface area contributed by atoms with E-state index in [2.05, 4.69) is 38.9 Å². The molecule has 12 heteroatoms. The van der Waals surface area contributed by atoms with Gasteiger partial charge in [-0.25, -0.2) is 8.42 Å². The predicted octanol–water partition coefficient (Wildman–Crippen LogP) is 3.98. The summed E-state index contributed by atoms with van der Waals surface area (Å²) in [4.78, 5) is 17.4. The number of anilines is 1. The van der Waals surface area contributed by atoms with Crippen LogP contribution < -0.4 is 14.8 Å². The number of nitriles is 1. The molecule has 0 fully saturated rings. The summed E-state index contributed by atoms with van der Waals surface area (Å²) in [6, 6.07) is 15.2. The number of rotatable bonds is 10. The Hall–Kier alpha value is -3.40. The Balaban J connectivity index is 1.64. The molecule has 182 valence electrons. The molecule has 9 nitrogen and oxygen atoms in total. The Kier molecular flexibility index (Phi) is 8.86. The van der Waals surface area contributed by atoms with Crippen molar-refractivity contribution >= 4 is 50.2 Å². The molecule has 0 saturated heterocycles. The lowest BCUT2D eigenvalue weighted by Gasteiger charge is -2.11. The Bertz CT molecular complexity index is 1380. The summed E-state index contributed by atoms with van der Waals surface area (Å²) in [7, 11) is -2.09. The molecule has 1 amide bonds. The fraction of sp³-hybridized carbons (Fsp3) is 0.217. The first-order chi connectivity index (χ1) is 16.7. The summed E-state index contributed by atoms with van der Waals surface area (Å²) in [6.45, 7) is 2.51. The summed E-state index contributed by atoms with van der Waals surface area (Å²) in [5, 5.41) is 11.4. The summed E-state index contributed by atoms with van der Waals surface area (Å²) >= 11 is 2.39. The molecule has 0 unspecified atom stereocenters. The van der Waals surface area contributed by atoms with Crippen LogP contribution in [-0.4, -0.2) is 49.4 Å². The smallest absolute Gasteiger partial charge is 0.268 e. The van der Waals surface area contributed by atoms with Crippen molar-refractivity contribution in [3.8, 4) is 17.6 Å². The molecule has 0 bridgehead atoms. The topological polar surface area (TPSA) is 131 Å². The number of ether oxygens (including phenoxy) is 2. The highest BCUT2D eigenvalue weighted by atomic mass is 32.2. The van der Waals surface area contributed by atoms with Crippen molar-refractivity contribution in [3.63, 3.8) is 0 Å². The standard InChI is InChI=1S/C23H22N4O5S3/c1-15-4-7-18(8-5-15)33-11-10-32-19-9-6-16(13-20(19)31-2)12-17(14-24)21(28)25-22-26-23(27-34-22)35(3,29)30/h4-9,12-13H,10-11H2,1-3H3,(H,25,26,27,28)/b17-12-. The van der Waals surface area contributed by atoms with E-state index < -0.39 is 20.9 Å². The zero-order chi connectivity index (χ0) is 25.4. The molecule has 0 atom stereocenters. The molecule has 1 N–H and O–H groups in total. The zero-order valence-electron chi connectivity index (χ0n) is 19.1. The number of thioether (sulfide) groups is 1. The minimum Gasteiger partial charge on any atom is -0.493 e. The van der Waals surface area contributed by atoms with Crippen LogP contribution in [0.2, 0.25) is 0 Å². The normalized spacial score (nSPS) is 11.5. The molecule has 0 radical (unpaired) electrons. The van der Waals surface area contributed by atoms with E-state index in [4.69, 9.17) is 9.47 Å². The quantitative estimate of drug-likeness (QED) is 0.179. The molecule has 1 aromatic heterocycles. The molecule has 0 saturated carbocycles. The van der Waals surface area contributed by atoms with E-state index >= 15 is 0 Å². The number of hydrogen-bond donors (Lipinski definition) is 1. The summed E-state index contributed by atoms with van der Waals surface area (Å²) in [5.74, 6) is 1.01. The highest BCUT2D eigenvalue weighted by Crippen LogP contribution is 2.29. The third-order valence-electron chi connectivity index (χ3n) is 4.45. The molecule has 3 aromatic rings. The fourth-order valence-electron chi connectivity index (χ4n) is 2.73. The molecule has 35 heavy (non-hydrogen) atoms. The number of hydrogen-bond acceptors (Lipinski definition) is 10. The lowest BCUT2D eigenvalue weighted by Crippen LogP contribution is -2.13. The van der Waals surface area contributed by atoms with Gasteiger partial charge in [-0.2, -0.15) is 14.6 Å². The van der Waals surface area contributed by atoms with Crippen LogP contribution >= 0.6 is 23.3 Å². The molecule has 0 aliphatic heterocycles. The number of nitrogens with one attached hydrogen (secondary N) is 1. The first-order valence-corrected chi connectivity index (χ1v) is 13.8. The second-order valence-electron chi connectivity index (χ2n) is 7.20. The maximum atomic E-state index is 12.5. The number of nitrogens with zero attached hydrogens (tertiary/aromatic N) is 3. The number of sulfone groups is 1. The van der Waals surface area contributed by atoms with Crippen molar-refractivity contribution in [3.05, 3.63) is 59.2 Å². The highest BCUT2D eigenvalue weighted by molar-refractivity contribution is 7.99. The van der Waals surface area contributed by atoms with E-state index in [0.29, 0.717) is 35.2 Å². The number of aromatic nitrogens is 2. The first-order valence-electron chi connectivity index (χ1n) is 10.2. The number of amides is 1. The van der Waals surface area contributed by atoms with Crippen molar-refractivity contribution in [2.24, 2.45) is 0 Å². The molecule has 3 rings (SSSR count). The first kappa shape index (κ1) is 26.2. The molecule has 0 spiro atoms. The van der Waals surface area contributed by atoms with E-state index in [0.717, 1.165) is 16.9 Å². The van der Waals surface area contributed by atoms with E-state index in [1.54, 1.807) is 30.0 Å². The van der Waals surface area contributed by atoms with Crippen LogP contribution in [0.3, 0.4) is 0 Å². The third-order valence-corrected chi connectivity index (χ3v) is 7.02. The van der Waals surface area contributed by atoms with E-state index in [1.165, 1.54) is 18.7 Å². The second-order valence-corrected chi connectivity index (χ2v) is 11.0. The number of benzene rings is 2. The van der Waals surface area contributed by atoms with E-state index in [1.807, 2.05) is 13.0 Å². The van der Waals surface area contributed by atoms with Crippen LogP contribution in [0.1, 0.15) is 11.1 Å². The van der Waals surface area contributed by atoms with Gasteiger partial charge in [0.2, 0.25) is 15.0 Å². The summed E-state index contributed by atoms with van der Waals surface area (Å²) in [5.41, 5.74) is 1.55. The average Bonchev–Trinajstić information content (AvgIpc) is 3.31. The van der Waals surface area contributed by atoms with Gasteiger partial charge < -0.3 is 9.47 Å². The van der Waals surface area contributed by atoms with Crippen molar-refractivity contribution in [1.82, 2.24) is 9.36 Å². The molecular weight excluding hydrogens is 508 g/mol. The van der Waals surface area contributed by atoms with Gasteiger partial charge in [0, 0.05) is 28.4 Å². The Morgan fingerprint density at radius 3 is 2.60 bits per heavy atom. The average molecular weight is 531 g/mol. The van der Waals surface area contributed by atoms with Crippen LogP contribution in [0.4, 0.5) is 5.13 Å². The van der Waals surface area contributed by atoms with Gasteiger partial charge in [0.05, 0.1) is 13.7 Å². The van der Waals surface area contributed by atoms with Crippen LogP contribution in [-0.2, 0) is 14.6 Å². The largest absolute Gasteiger partial charge is 0.493 e. The molecule has 1 heterocycles. The van der Waals surface area contributed by atoms with Gasteiger partial charge in [0.25, 0.3) is 11.1 Å². The van der Waals surface area contributed by atoms with Crippen molar-refractivity contribution in [2.45, 2.75) is 17.0 Å². The maximum Gasteiger partial charge on any atom is 0.268 e. The lowest BCUT2D eigenvalue weighted by molar-refractivity contribution is -0.112. The Labute approximate surface area is 211 Å². The van der Waals surface area contributed by atoms with Gasteiger partial charge in [-0.15, -0.1) is 11.8 Å². The predicted molar refractivity (Wildman–Crippen MR) is 136 cm³/mol. The lowest BCUT2D eigenvalue weighted by atomic mass is 10.1. The van der Waals surface area contributed by atoms with Gasteiger partial charge >= 0.3 is 0 Å². The van der Waals surface area contributed by atoms with Crippen LogP contribution in [0.25, 0.3) is 6.08 Å². The van der Waals surface area contributed by atoms with Crippen LogP contribution in [0.5, 0.6) is 11.5 Å². The van der Waals surface area contributed by atoms with E-state index in [-0.39, 0.29) is 10.7 Å². The number of methoxy groups -OCH3 is 1.